The van der Waals surface area contributed by atoms with E-state index in [-0.39, 0.29) is 23.8 Å². The van der Waals surface area contributed by atoms with Gasteiger partial charge in [-0.1, -0.05) is 18.2 Å². The highest BCUT2D eigenvalue weighted by Crippen LogP contribution is 2.21. The number of hydrogen-bond acceptors (Lipinski definition) is 3. The Morgan fingerprint density at radius 1 is 1.20 bits per heavy atom. The minimum absolute atomic E-state index is 0.0820. The van der Waals surface area contributed by atoms with Crippen molar-refractivity contribution in [3.8, 4) is 10.6 Å². The van der Waals surface area contributed by atoms with E-state index in [1.165, 1.54) is 28.4 Å². The molecule has 1 amide bonds. The SMILES string of the molecule is CCN(Cc1cccc(F)c1)C(=O)c1ccc(-c2cccs2)[nH]c1=O. The predicted molar refractivity (Wildman–Crippen MR) is 97.2 cm³/mol. The third-order valence-electron chi connectivity index (χ3n) is 3.86. The zero-order chi connectivity index (χ0) is 17.8. The molecule has 0 unspecified atom stereocenters. The lowest BCUT2D eigenvalue weighted by molar-refractivity contribution is 0.0750. The Bertz CT molecular complexity index is 935. The van der Waals surface area contributed by atoms with Gasteiger partial charge in [-0.05, 0) is 48.2 Å². The molecule has 0 aliphatic rings. The van der Waals surface area contributed by atoms with Crippen LogP contribution < -0.4 is 5.56 Å². The summed E-state index contributed by atoms with van der Waals surface area (Å²) in [6.45, 7) is 2.49. The van der Waals surface area contributed by atoms with Crippen LogP contribution in [0.25, 0.3) is 10.6 Å². The summed E-state index contributed by atoms with van der Waals surface area (Å²) in [5.41, 5.74) is 1.03. The Balaban J connectivity index is 1.84. The molecule has 0 saturated heterocycles. The summed E-state index contributed by atoms with van der Waals surface area (Å²) in [7, 11) is 0. The maximum atomic E-state index is 13.3. The maximum absolute atomic E-state index is 13.3. The van der Waals surface area contributed by atoms with E-state index >= 15 is 0 Å². The van der Waals surface area contributed by atoms with Gasteiger partial charge in [-0.15, -0.1) is 11.3 Å². The van der Waals surface area contributed by atoms with E-state index in [0.29, 0.717) is 17.8 Å². The molecule has 25 heavy (non-hydrogen) atoms. The first-order valence-electron chi connectivity index (χ1n) is 7.89. The first-order chi connectivity index (χ1) is 12.1. The number of aromatic amines is 1. The van der Waals surface area contributed by atoms with Gasteiger partial charge < -0.3 is 9.88 Å². The van der Waals surface area contributed by atoms with Crippen molar-refractivity contribution in [3.63, 3.8) is 0 Å². The normalized spacial score (nSPS) is 10.6. The van der Waals surface area contributed by atoms with Gasteiger partial charge >= 0.3 is 0 Å². The van der Waals surface area contributed by atoms with E-state index in [4.69, 9.17) is 0 Å². The summed E-state index contributed by atoms with van der Waals surface area (Å²) >= 11 is 1.51. The van der Waals surface area contributed by atoms with Gasteiger partial charge in [0, 0.05) is 13.1 Å². The van der Waals surface area contributed by atoms with E-state index in [0.717, 1.165) is 4.88 Å². The summed E-state index contributed by atoms with van der Waals surface area (Å²) in [6.07, 6.45) is 0. The molecule has 0 saturated carbocycles. The first-order valence-corrected chi connectivity index (χ1v) is 8.77. The van der Waals surface area contributed by atoms with Crippen LogP contribution in [0.1, 0.15) is 22.8 Å². The van der Waals surface area contributed by atoms with E-state index in [1.54, 1.807) is 24.3 Å². The average molecular weight is 356 g/mol. The number of carbonyl (C=O) groups excluding carboxylic acids is 1. The van der Waals surface area contributed by atoms with Gasteiger partial charge in [0.25, 0.3) is 11.5 Å². The number of pyridine rings is 1. The molecule has 2 aromatic heterocycles. The smallest absolute Gasteiger partial charge is 0.261 e. The third-order valence-corrected chi connectivity index (χ3v) is 4.76. The standard InChI is InChI=1S/C19H17FN2O2S/c1-2-22(12-13-5-3-6-14(20)11-13)19(24)15-8-9-16(21-18(15)23)17-7-4-10-25-17/h3-11H,2,12H2,1H3,(H,21,23). The molecule has 128 valence electrons. The Morgan fingerprint density at radius 3 is 2.68 bits per heavy atom. The molecule has 3 rings (SSSR count). The van der Waals surface area contributed by atoms with Crippen LogP contribution in [0.3, 0.4) is 0 Å². The molecule has 0 aliphatic carbocycles. The number of nitrogens with zero attached hydrogens (tertiary/aromatic N) is 1. The van der Waals surface area contributed by atoms with Crippen molar-refractivity contribution >= 4 is 17.2 Å². The maximum Gasteiger partial charge on any atom is 0.261 e. The van der Waals surface area contributed by atoms with Crippen LogP contribution in [0.15, 0.2) is 58.7 Å². The monoisotopic (exact) mass is 356 g/mol. The van der Waals surface area contributed by atoms with Crippen LogP contribution in [-0.4, -0.2) is 22.3 Å². The second kappa shape index (κ2) is 7.44. The molecule has 0 fully saturated rings. The van der Waals surface area contributed by atoms with Crippen LogP contribution in [0.4, 0.5) is 4.39 Å². The molecule has 4 nitrogen and oxygen atoms in total. The lowest BCUT2D eigenvalue weighted by Gasteiger charge is -2.20. The summed E-state index contributed by atoms with van der Waals surface area (Å²) in [4.78, 5) is 30.3. The summed E-state index contributed by atoms with van der Waals surface area (Å²) in [6, 6.07) is 13.2. The van der Waals surface area contributed by atoms with Gasteiger partial charge in [-0.25, -0.2) is 4.39 Å². The topological polar surface area (TPSA) is 53.2 Å². The molecule has 2 heterocycles. The Morgan fingerprint density at radius 2 is 2.04 bits per heavy atom. The van der Waals surface area contributed by atoms with E-state index in [9.17, 15) is 14.0 Å². The number of amides is 1. The van der Waals surface area contributed by atoms with Crippen LogP contribution in [0, 0.1) is 5.82 Å². The van der Waals surface area contributed by atoms with Crippen molar-refractivity contribution in [1.82, 2.24) is 9.88 Å². The number of thiophene rings is 1. The van der Waals surface area contributed by atoms with Gasteiger partial charge in [-0.2, -0.15) is 0 Å². The largest absolute Gasteiger partial charge is 0.334 e. The quantitative estimate of drug-likeness (QED) is 0.754. The zero-order valence-corrected chi connectivity index (χ0v) is 14.5. The minimum Gasteiger partial charge on any atom is -0.334 e. The molecule has 0 aliphatic heterocycles. The van der Waals surface area contributed by atoms with Gasteiger partial charge in [0.2, 0.25) is 0 Å². The Hall–Kier alpha value is -2.73. The molecule has 0 radical (unpaired) electrons. The van der Waals surface area contributed by atoms with Crippen molar-refractivity contribution in [2.24, 2.45) is 0 Å². The van der Waals surface area contributed by atoms with E-state index < -0.39 is 5.56 Å². The fraction of sp³-hybridized carbons (Fsp3) is 0.158. The number of H-pyrrole nitrogens is 1. The highest BCUT2D eigenvalue weighted by Gasteiger charge is 2.18. The average Bonchev–Trinajstić information content (AvgIpc) is 3.14. The highest BCUT2D eigenvalue weighted by atomic mass is 32.1. The van der Waals surface area contributed by atoms with Crippen LogP contribution in [0.5, 0.6) is 0 Å². The molecular weight excluding hydrogens is 339 g/mol. The molecule has 1 N–H and O–H groups in total. The summed E-state index contributed by atoms with van der Waals surface area (Å²) in [5, 5.41) is 1.92. The zero-order valence-electron chi connectivity index (χ0n) is 13.7. The predicted octanol–water partition coefficient (Wildman–Crippen LogP) is 3.90. The molecule has 0 atom stereocenters. The van der Waals surface area contributed by atoms with Crippen molar-refractivity contribution in [2.75, 3.05) is 6.54 Å². The summed E-state index contributed by atoms with van der Waals surface area (Å²) < 4.78 is 13.3. The number of nitrogens with one attached hydrogen (secondary N) is 1. The van der Waals surface area contributed by atoms with E-state index in [2.05, 4.69) is 4.98 Å². The van der Waals surface area contributed by atoms with Crippen molar-refractivity contribution in [3.05, 3.63) is 81.2 Å². The third kappa shape index (κ3) is 3.85. The van der Waals surface area contributed by atoms with Gasteiger partial charge in [0.05, 0.1) is 10.6 Å². The fourth-order valence-electron chi connectivity index (χ4n) is 2.57. The van der Waals surface area contributed by atoms with E-state index in [1.807, 2.05) is 24.4 Å². The summed E-state index contributed by atoms with van der Waals surface area (Å²) in [5.74, 6) is -0.718. The Kier molecular flexibility index (Phi) is 5.09. The Labute approximate surface area is 148 Å². The van der Waals surface area contributed by atoms with Gasteiger partial charge in [0.1, 0.15) is 11.4 Å². The van der Waals surface area contributed by atoms with Crippen molar-refractivity contribution < 1.29 is 9.18 Å². The molecule has 0 spiro atoms. The number of carbonyl (C=O) groups is 1. The highest BCUT2D eigenvalue weighted by molar-refractivity contribution is 7.13. The van der Waals surface area contributed by atoms with Crippen LogP contribution in [0.2, 0.25) is 0 Å². The number of rotatable bonds is 5. The number of hydrogen-bond donors (Lipinski definition) is 1. The first kappa shape index (κ1) is 17.1. The minimum atomic E-state index is -0.423. The fourth-order valence-corrected chi connectivity index (χ4v) is 3.28. The molecule has 0 bridgehead atoms. The lowest BCUT2D eigenvalue weighted by atomic mass is 10.1. The van der Waals surface area contributed by atoms with Crippen molar-refractivity contribution in [1.29, 1.82) is 0 Å². The number of benzene rings is 1. The molecule has 3 aromatic rings. The van der Waals surface area contributed by atoms with Gasteiger partial charge in [0.15, 0.2) is 0 Å². The second-order valence-electron chi connectivity index (χ2n) is 5.54. The van der Waals surface area contributed by atoms with Gasteiger partial charge in [-0.3, -0.25) is 9.59 Å². The molecular formula is C19H17FN2O2S. The second-order valence-corrected chi connectivity index (χ2v) is 6.49. The lowest BCUT2D eigenvalue weighted by Crippen LogP contribution is -2.34. The number of aromatic nitrogens is 1. The van der Waals surface area contributed by atoms with Crippen molar-refractivity contribution in [2.45, 2.75) is 13.5 Å². The molecule has 1 aromatic carbocycles. The van der Waals surface area contributed by atoms with Crippen LogP contribution >= 0.6 is 11.3 Å². The molecule has 6 heteroatoms. The van der Waals surface area contributed by atoms with Crippen LogP contribution in [-0.2, 0) is 6.54 Å². The number of halogens is 1.